The van der Waals surface area contributed by atoms with Crippen molar-refractivity contribution >= 4 is 11.9 Å². The molecule has 106 valence electrons. The Morgan fingerprint density at radius 3 is 2.32 bits per heavy atom. The van der Waals surface area contributed by atoms with E-state index in [1.54, 1.807) is 0 Å². The summed E-state index contributed by atoms with van der Waals surface area (Å²) in [6.45, 7) is 8.53. The normalized spacial score (nSPS) is 12.2. The fourth-order valence-electron chi connectivity index (χ4n) is 2.06. The highest BCUT2D eigenvalue weighted by Crippen LogP contribution is 2.15. The Morgan fingerprint density at radius 1 is 1.21 bits per heavy atom. The van der Waals surface area contributed by atoms with Gasteiger partial charge in [0.1, 0.15) is 0 Å². The van der Waals surface area contributed by atoms with E-state index in [0.717, 1.165) is 24.2 Å². The molecule has 0 fully saturated rings. The molecule has 6 heteroatoms. The van der Waals surface area contributed by atoms with Gasteiger partial charge in [0.05, 0.1) is 17.8 Å². The van der Waals surface area contributed by atoms with E-state index >= 15 is 0 Å². The maximum Gasteiger partial charge on any atom is 0.305 e. The lowest BCUT2D eigenvalue weighted by Gasteiger charge is -2.26. The van der Waals surface area contributed by atoms with Crippen LogP contribution in [0.1, 0.15) is 45.5 Å². The highest BCUT2D eigenvalue weighted by Gasteiger charge is 2.19. The molecule has 1 aromatic rings. The Morgan fingerprint density at radius 2 is 1.84 bits per heavy atom. The maximum absolute atomic E-state index is 10.8. The van der Waals surface area contributed by atoms with Crippen molar-refractivity contribution in [3.05, 3.63) is 11.4 Å². The number of carboxylic acid groups (broad SMARTS) is 1. The standard InChI is InChI=1S/C13H22N4O2/c1-5-10-11(6-2)15-16-13(14-10)17(7-3)9(4)8-12(18)19/h9H,5-8H2,1-4H3,(H,18,19). The predicted octanol–water partition coefficient (Wildman–Crippen LogP) is 1.69. The van der Waals surface area contributed by atoms with Crippen LogP contribution in [0.2, 0.25) is 0 Å². The molecule has 0 amide bonds. The number of aryl methyl sites for hydroxylation is 2. The summed E-state index contributed by atoms with van der Waals surface area (Å²) in [6, 6.07) is -0.151. The monoisotopic (exact) mass is 266 g/mol. The minimum absolute atomic E-state index is 0.0637. The van der Waals surface area contributed by atoms with Crippen LogP contribution >= 0.6 is 0 Å². The lowest BCUT2D eigenvalue weighted by molar-refractivity contribution is -0.137. The lowest BCUT2D eigenvalue weighted by atomic mass is 10.2. The van der Waals surface area contributed by atoms with Crippen molar-refractivity contribution in [3.63, 3.8) is 0 Å². The van der Waals surface area contributed by atoms with Crippen molar-refractivity contribution in [2.24, 2.45) is 0 Å². The number of nitrogens with zero attached hydrogens (tertiary/aromatic N) is 4. The number of rotatable bonds is 7. The van der Waals surface area contributed by atoms with Crippen LogP contribution in [0.5, 0.6) is 0 Å². The van der Waals surface area contributed by atoms with Gasteiger partial charge in [0.2, 0.25) is 5.95 Å². The summed E-state index contributed by atoms with van der Waals surface area (Å²) >= 11 is 0. The SMILES string of the molecule is CCc1nnc(N(CC)C(C)CC(=O)O)nc1CC. The molecule has 0 aromatic carbocycles. The molecular weight excluding hydrogens is 244 g/mol. The molecule has 0 aliphatic rings. The number of aromatic nitrogens is 3. The Bertz CT molecular complexity index is 437. The zero-order chi connectivity index (χ0) is 14.4. The van der Waals surface area contributed by atoms with Crippen LogP contribution in [0.4, 0.5) is 5.95 Å². The first-order valence-electron chi connectivity index (χ1n) is 6.74. The summed E-state index contributed by atoms with van der Waals surface area (Å²) in [5.41, 5.74) is 1.85. The minimum atomic E-state index is -0.820. The fraction of sp³-hybridized carbons (Fsp3) is 0.692. The van der Waals surface area contributed by atoms with Crippen LogP contribution in [0.15, 0.2) is 0 Å². The zero-order valence-electron chi connectivity index (χ0n) is 12.1. The van der Waals surface area contributed by atoms with Gasteiger partial charge in [-0.3, -0.25) is 4.79 Å². The van der Waals surface area contributed by atoms with Crippen LogP contribution in [0, 0.1) is 0 Å². The van der Waals surface area contributed by atoms with Gasteiger partial charge in [-0.15, -0.1) is 5.10 Å². The Labute approximate surface area is 113 Å². The van der Waals surface area contributed by atoms with E-state index in [1.165, 1.54) is 0 Å². The van der Waals surface area contributed by atoms with Crippen molar-refractivity contribution in [2.45, 2.75) is 53.0 Å². The second kappa shape index (κ2) is 7.01. The van der Waals surface area contributed by atoms with Gasteiger partial charge < -0.3 is 10.0 Å². The van der Waals surface area contributed by atoms with Gasteiger partial charge in [0.15, 0.2) is 0 Å². The molecular formula is C13H22N4O2. The number of hydrogen-bond donors (Lipinski definition) is 1. The molecule has 1 unspecified atom stereocenters. The van der Waals surface area contributed by atoms with Gasteiger partial charge in [-0.1, -0.05) is 13.8 Å². The van der Waals surface area contributed by atoms with E-state index in [-0.39, 0.29) is 12.5 Å². The molecule has 0 aliphatic carbocycles. The molecule has 0 saturated heterocycles. The Kier molecular flexibility index (Phi) is 5.66. The Hall–Kier alpha value is -1.72. The van der Waals surface area contributed by atoms with Gasteiger partial charge in [-0.25, -0.2) is 4.98 Å². The molecule has 6 nitrogen and oxygen atoms in total. The number of carbonyl (C=O) groups is 1. The van der Waals surface area contributed by atoms with Crippen molar-refractivity contribution < 1.29 is 9.90 Å². The molecule has 1 atom stereocenters. The number of aliphatic carboxylic acids is 1. The average molecular weight is 266 g/mol. The van der Waals surface area contributed by atoms with Crippen LogP contribution < -0.4 is 4.90 Å². The van der Waals surface area contributed by atoms with Gasteiger partial charge >= 0.3 is 5.97 Å². The first-order valence-corrected chi connectivity index (χ1v) is 6.74. The number of anilines is 1. The minimum Gasteiger partial charge on any atom is -0.481 e. The van der Waals surface area contributed by atoms with E-state index < -0.39 is 5.97 Å². The third-order valence-corrected chi connectivity index (χ3v) is 3.10. The third-order valence-electron chi connectivity index (χ3n) is 3.10. The number of carboxylic acids is 1. The summed E-state index contributed by atoms with van der Waals surface area (Å²) in [6.07, 6.45) is 1.67. The van der Waals surface area contributed by atoms with Crippen LogP contribution in [0.25, 0.3) is 0 Å². The first-order chi connectivity index (χ1) is 9.03. The van der Waals surface area contributed by atoms with E-state index in [2.05, 4.69) is 15.2 Å². The summed E-state index contributed by atoms with van der Waals surface area (Å²) < 4.78 is 0. The summed E-state index contributed by atoms with van der Waals surface area (Å²) in [7, 11) is 0. The summed E-state index contributed by atoms with van der Waals surface area (Å²) in [5.74, 6) is -0.301. The van der Waals surface area contributed by atoms with Crippen molar-refractivity contribution in [3.8, 4) is 0 Å². The second-order valence-electron chi connectivity index (χ2n) is 4.45. The van der Waals surface area contributed by atoms with Crippen LogP contribution in [-0.4, -0.2) is 38.8 Å². The summed E-state index contributed by atoms with van der Waals surface area (Å²) in [5, 5.41) is 17.2. The molecule has 1 rings (SSSR count). The van der Waals surface area contributed by atoms with Crippen molar-refractivity contribution in [1.82, 2.24) is 15.2 Å². The molecule has 0 saturated carbocycles. The zero-order valence-corrected chi connectivity index (χ0v) is 12.1. The van der Waals surface area contributed by atoms with Crippen molar-refractivity contribution in [1.29, 1.82) is 0 Å². The van der Waals surface area contributed by atoms with E-state index in [9.17, 15) is 4.79 Å². The maximum atomic E-state index is 10.8. The topological polar surface area (TPSA) is 79.2 Å². The molecule has 1 N–H and O–H groups in total. The average Bonchev–Trinajstić information content (AvgIpc) is 2.38. The largest absolute Gasteiger partial charge is 0.481 e. The van der Waals surface area contributed by atoms with E-state index in [1.807, 2.05) is 32.6 Å². The van der Waals surface area contributed by atoms with Gasteiger partial charge in [-0.05, 0) is 26.7 Å². The second-order valence-corrected chi connectivity index (χ2v) is 4.45. The Balaban J connectivity index is 3.01. The molecule has 0 spiro atoms. The number of hydrogen-bond acceptors (Lipinski definition) is 5. The molecule has 0 radical (unpaired) electrons. The molecule has 19 heavy (non-hydrogen) atoms. The van der Waals surface area contributed by atoms with Gasteiger partial charge in [-0.2, -0.15) is 5.10 Å². The van der Waals surface area contributed by atoms with E-state index in [4.69, 9.17) is 5.11 Å². The molecule has 0 aliphatic heterocycles. The fourth-order valence-corrected chi connectivity index (χ4v) is 2.06. The van der Waals surface area contributed by atoms with Crippen molar-refractivity contribution in [2.75, 3.05) is 11.4 Å². The van der Waals surface area contributed by atoms with Crippen LogP contribution in [-0.2, 0) is 17.6 Å². The smallest absolute Gasteiger partial charge is 0.305 e. The third kappa shape index (κ3) is 3.87. The molecule has 1 heterocycles. The molecule has 1 aromatic heterocycles. The quantitative estimate of drug-likeness (QED) is 0.809. The highest BCUT2D eigenvalue weighted by atomic mass is 16.4. The summed E-state index contributed by atoms with van der Waals surface area (Å²) in [4.78, 5) is 17.2. The van der Waals surface area contributed by atoms with Gasteiger partial charge in [0.25, 0.3) is 0 Å². The lowest BCUT2D eigenvalue weighted by Crippen LogP contribution is -2.36. The highest BCUT2D eigenvalue weighted by molar-refractivity contribution is 5.68. The molecule has 0 bridgehead atoms. The first kappa shape index (κ1) is 15.3. The van der Waals surface area contributed by atoms with Crippen LogP contribution in [0.3, 0.4) is 0 Å². The van der Waals surface area contributed by atoms with E-state index in [0.29, 0.717) is 12.5 Å². The predicted molar refractivity (Wildman–Crippen MR) is 73.3 cm³/mol. The van der Waals surface area contributed by atoms with Gasteiger partial charge in [0, 0.05) is 12.6 Å².